The van der Waals surface area contributed by atoms with Gasteiger partial charge in [0.15, 0.2) is 0 Å². The lowest BCUT2D eigenvalue weighted by Crippen LogP contribution is -2.13. The number of carbonyl (C=O) groups is 1. The van der Waals surface area contributed by atoms with Gasteiger partial charge in [0.05, 0.1) is 38.5 Å². The van der Waals surface area contributed by atoms with E-state index in [9.17, 15) is 4.79 Å². The molecule has 3 heterocycles. The van der Waals surface area contributed by atoms with Crippen molar-refractivity contribution in [3.8, 4) is 10.6 Å². The number of amides is 1. The third kappa shape index (κ3) is 2.53. The minimum atomic E-state index is -0.332. The molecule has 4 rings (SSSR count). The van der Waals surface area contributed by atoms with Crippen LogP contribution in [0.25, 0.3) is 21.5 Å². The Bertz CT molecular complexity index is 1030. The minimum Gasteiger partial charge on any atom is -0.319 e. The van der Waals surface area contributed by atoms with Gasteiger partial charge in [-0.05, 0) is 24.3 Å². The number of hydrogen-bond donors (Lipinski definition) is 2. The first-order valence-corrected chi connectivity index (χ1v) is 8.27. The summed E-state index contributed by atoms with van der Waals surface area (Å²) in [6, 6.07) is 9.07. The fourth-order valence-corrected chi connectivity index (χ4v) is 3.37. The third-order valence-corrected chi connectivity index (χ3v) is 4.74. The smallest absolute Gasteiger partial charge is 0.275 e. The summed E-state index contributed by atoms with van der Waals surface area (Å²) in [5.74, 6) is -0.332. The second-order valence-corrected chi connectivity index (χ2v) is 6.19. The highest BCUT2D eigenvalue weighted by molar-refractivity contribution is 7.13. The van der Waals surface area contributed by atoms with Crippen molar-refractivity contribution in [3.05, 3.63) is 59.0 Å². The Kier molecular flexibility index (Phi) is 3.72. The number of carbonyl (C=O) groups excluding carboxylic acids is 1. The Hall–Kier alpha value is -2.77. The molecule has 0 saturated carbocycles. The van der Waals surface area contributed by atoms with E-state index in [2.05, 4.69) is 25.5 Å². The van der Waals surface area contributed by atoms with Crippen LogP contribution in [0.5, 0.6) is 0 Å². The predicted octanol–water partition coefficient (Wildman–Crippen LogP) is 3.99. The van der Waals surface area contributed by atoms with Crippen LogP contribution in [-0.4, -0.2) is 26.1 Å². The van der Waals surface area contributed by atoms with E-state index in [4.69, 9.17) is 11.6 Å². The Morgan fingerprint density at radius 3 is 2.96 bits per heavy atom. The minimum absolute atomic E-state index is 0.321. The molecule has 0 fully saturated rings. The maximum absolute atomic E-state index is 12.6. The molecule has 0 aliphatic rings. The number of aromatic amines is 1. The average molecular weight is 356 g/mol. The van der Waals surface area contributed by atoms with Crippen molar-refractivity contribution in [2.45, 2.75) is 0 Å². The summed E-state index contributed by atoms with van der Waals surface area (Å²) in [5, 5.41) is 10.8. The highest BCUT2D eigenvalue weighted by atomic mass is 35.5. The summed E-state index contributed by atoms with van der Waals surface area (Å²) in [6.45, 7) is 0. The molecule has 3 aromatic heterocycles. The van der Waals surface area contributed by atoms with E-state index < -0.39 is 0 Å². The quantitative estimate of drug-likeness (QED) is 0.582. The molecule has 2 N–H and O–H groups in total. The average Bonchev–Trinajstić information content (AvgIpc) is 3.27. The number of hydrogen-bond acceptors (Lipinski definition) is 5. The molecule has 0 spiro atoms. The van der Waals surface area contributed by atoms with E-state index in [0.29, 0.717) is 27.0 Å². The van der Waals surface area contributed by atoms with Crippen LogP contribution in [-0.2, 0) is 0 Å². The Labute approximate surface area is 145 Å². The molecule has 0 unspecified atom stereocenters. The monoisotopic (exact) mass is 355 g/mol. The normalized spacial score (nSPS) is 10.9. The first kappa shape index (κ1) is 14.8. The Morgan fingerprint density at radius 1 is 1.21 bits per heavy atom. The number of benzene rings is 1. The molecule has 118 valence electrons. The SMILES string of the molecule is O=C(Nc1ccc2[nH]ncc2c1Cl)c1ncsc1-c1ccccn1. The van der Waals surface area contributed by atoms with E-state index in [1.165, 1.54) is 11.3 Å². The first-order chi connectivity index (χ1) is 11.7. The number of halogens is 1. The second-order valence-electron chi connectivity index (χ2n) is 4.96. The molecule has 0 radical (unpaired) electrons. The molecule has 0 atom stereocenters. The molecular formula is C16H10ClN5OS. The van der Waals surface area contributed by atoms with Gasteiger partial charge in [-0.3, -0.25) is 14.9 Å². The molecule has 0 bridgehead atoms. The molecule has 6 nitrogen and oxygen atoms in total. The molecule has 4 aromatic rings. The zero-order chi connectivity index (χ0) is 16.5. The number of nitrogens with zero attached hydrogens (tertiary/aromatic N) is 3. The molecule has 0 saturated heterocycles. The molecular weight excluding hydrogens is 346 g/mol. The fraction of sp³-hybridized carbons (Fsp3) is 0. The van der Waals surface area contributed by atoms with Gasteiger partial charge in [-0.1, -0.05) is 17.7 Å². The summed E-state index contributed by atoms with van der Waals surface area (Å²) < 4.78 is 0. The maximum Gasteiger partial charge on any atom is 0.275 e. The van der Waals surface area contributed by atoms with Gasteiger partial charge in [-0.15, -0.1) is 11.3 Å². The van der Waals surface area contributed by atoms with Crippen LogP contribution < -0.4 is 5.32 Å². The number of nitrogens with one attached hydrogen (secondary N) is 2. The summed E-state index contributed by atoms with van der Waals surface area (Å²) in [5.41, 5.74) is 3.97. The van der Waals surface area contributed by atoms with E-state index in [-0.39, 0.29) is 5.91 Å². The predicted molar refractivity (Wildman–Crippen MR) is 94.4 cm³/mol. The van der Waals surface area contributed by atoms with Gasteiger partial charge in [0.1, 0.15) is 5.69 Å². The first-order valence-electron chi connectivity index (χ1n) is 7.02. The standard InChI is InChI=1S/C16H10ClN5OS/c17-13-9-7-20-22-10(9)4-5-11(13)21-16(23)14-15(24-8-19-14)12-3-1-2-6-18-12/h1-8H,(H,20,22)(H,21,23). The highest BCUT2D eigenvalue weighted by Gasteiger charge is 2.18. The molecule has 0 aliphatic carbocycles. The van der Waals surface area contributed by atoms with Gasteiger partial charge < -0.3 is 5.32 Å². The fourth-order valence-electron chi connectivity index (χ4n) is 2.35. The van der Waals surface area contributed by atoms with Gasteiger partial charge in [-0.25, -0.2) is 4.98 Å². The van der Waals surface area contributed by atoms with Crippen molar-refractivity contribution in [2.75, 3.05) is 5.32 Å². The lowest BCUT2D eigenvalue weighted by molar-refractivity contribution is 0.102. The molecule has 1 aromatic carbocycles. The number of fused-ring (bicyclic) bond motifs is 1. The van der Waals surface area contributed by atoms with Crippen molar-refractivity contribution >= 4 is 45.4 Å². The maximum atomic E-state index is 12.6. The van der Waals surface area contributed by atoms with Gasteiger partial charge in [0.2, 0.25) is 0 Å². The van der Waals surface area contributed by atoms with Gasteiger partial charge >= 0.3 is 0 Å². The van der Waals surface area contributed by atoms with Crippen LogP contribution in [0.15, 0.2) is 48.2 Å². The lowest BCUT2D eigenvalue weighted by Gasteiger charge is -2.07. The van der Waals surface area contributed by atoms with E-state index >= 15 is 0 Å². The summed E-state index contributed by atoms with van der Waals surface area (Å²) in [4.78, 5) is 21.8. The second kappa shape index (κ2) is 6.03. The zero-order valence-corrected chi connectivity index (χ0v) is 13.7. The topological polar surface area (TPSA) is 83.6 Å². The Morgan fingerprint density at radius 2 is 2.12 bits per heavy atom. The molecule has 1 amide bonds. The molecule has 0 aliphatic heterocycles. The largest absolute Gasteiger partial charge is 0.319 e. The van der Waals surface area contributed by atoms with Crippen LogP contribution in [0, 0.1) is 0 Å². The zero-order valence-electron chi connectivity index (χ0n) is 12.2. The highest BCUT2D eigenvalue weighted by Crippen LogP contribution is 2.31. The number of H-pyrrole nitrogens is 1. The summed E-state index contributed by atoms with van der Waals surface area (Å²) in [7, 11) is 0. The van der Waals surface area contributed by atoms with Crippen LogP contribution in [0.3, 0.4) is 0 Å². The van der Waals surface area contributed by atoms with Crippen molar-refractivity contribution < 1.29 is 4.79 Å². The number of thiazole rings is 1. The van der Waals surface area contributed by atoms with Gasteiger partial charge in [0, 0.05) is 11.6 Å². The number of rotatable bonds is 3. The third-order valence-electron chi connectivity index (χ3n) is 3.49. The van der Waals surface area contributed by atoms with E-state index in [1.54, 1.807) is 24.0 Å². The van der Waals surface area contributed by atoms with Crippen LogP contribution in [0.2, 0.25) is 5.02 Å². The van der Waals surface area contributed by atoms with E-state index in [1.807, 2.05) is 24.3 Å². The Balaban J connectivity index is 1.67. The van der Waals surface area contributed by atoms with Crippen molar-refractivity contribution in [1.82, 2.24) is 20.2 Å². The van der Waals surface area contributed by atoms with Gasteiger partial charge in [-0.2, -0.15) is 5.10 Å². The molecule has 8 heteroatoms. The van der Waals surface area contributed by atoms with Crippen molar-refractivity contribution in [2.24, 2.45) is 0 Å². The number of pyridine rings is 1. The van der Waals surface area contributed by atoms with Crippen LogP contribution in [0.4, 0.5) is 5.69 Å². The number of aromatic nitrogens is 4. The lowest BCUT2D eigenvalue weighted by atomic mass is 10.2. The van der Waals surface area contributed by atoms with Crippen LogP contribution >= 0.6 is 22.9 Å². The van der Waals surface area contributed by atoms with E-state index in [0.717, 1.165) is 10.9 Å². The summed E-state index contributed by atoms with van der Waals surface area (Å²) >= 11 is 7.71. The number of anilines is 1. The van der Waals surface area contributed by atoms with Crippen molar-refractivity contribution in [1.29, 1.82) is 0 Å². The van der Waals surface area contributed by atoms with Gasteiger partial charge in [0.25, 0.3) is 5.91 Å². The summed E-state index contributed by atoms with van der Waals surface area (Å²) in [6.07, 6.45) is 3.30. The van der Waals surface area contributed by atoms with Crippen LogP contribution in [0.1, 0.15) is 10.5 Å². The van der Waals surface area contributed by atoms with Crippen molar-refractivity contribution in [3.63, 3.8) is 0 Å². The molecule has 24 heavy (non-hydrogen) atoms.